The Labute approximate surface area is 99.8 Å². The van der Waals surface area contributed by atoms with Crippen molar-refractivity contribution < 1.29 is 5.11 Å². The first-order valence-corrected chi connectivity index (χ1v) is 7.14. The summed E-state index contributed by atoms with van der Waals surface area (Å²) < 4.78 is 0. The van der Waals surface area contributed by atoms with E-state index in [1.165, 1.54) is 44.9 Å². The van der Waals surface area contributed by atoms with Crippen molar-refractivity contribution >= 4 is 0 Å². The molecule has 0 aliphatic heterocycles. The highest BCUT2D eigenvalue weighted by atomic mass is 16.3. The van der Waals surface area contributed by atoms with Gasteiger partial charge in [0.1, 0.15) is 0 Å². The monoisotopic (exact) mass is 225 g/mol. The lowest BCUT2D eigenvalue weighted by Gasteiger charge is -2.39. The van der Waals surface area contributed by atoms with E-state index in [-0.39, 0.29) is 0 Å². The third-order valence-electron chi connectivity index (χ3n) is 4.61. The summed E-state index contributed by atoms with van der Waals surface area (Å²) in [5.74, 6) is 2.45. The SMILES string of the molecule is CC(CO)CNC1CCC2CCCCC2C1. The van der Waals surface area contributed by atoms with E-state index in [9.17, 15) is 0 Å². The molecule has 2 aliphatic rings. The molecule has 2 aliphatic carbocycles. The van der Waals surface area contributed by atoms with Crippen LogP contribution in [0.3, 0.4) is 0 Å². The van der Waals surface area contributed by atoms with Crippen molar-refractivity contribution in [3.8, 4) is 0 Å². The van der Waals surface area contributed by atoms with Crippen molar-refractivity contribution in [1.82, 2.24) is 5.32 Å². The van der Waals surface area contributed by atoms with Crippen LogP contribution in [-0.2, 0) is 0 Å². The van der Waals surface area contributed by atoms with Crippen molar-refractivity contribution in [1.29, 1.82) is 0 Å². The minimum Gasteiger partial charge on any atom is -0.396 e. The Morgan fingerprint density at radius 2 is 1.88 bits per heavy atom. The van der Waals surface area contributed by atoms with E-state index in [1.54, 1.807) is 0 Å². The van der Waals surface area contributed by atoms with Crippen LogP contribution in [0, 0.1) is 17.8 Å². The van der Waals surface area contributed by atoms with Crippen molar-refractivity contribution in [2.75, 3.05) is 13.2 Å². The Bertz CT molecular complexity index is 207. The molecule has 0 amide bonds. The molecule has 0 radical (unpaired) electrons. The molecule has 2 N–H and O–H groups in total. The third kappa shape index (κ3) is 3.21. The summed E-state index contributed by atoms with van der Waals surface area (Å²) in [5.41, 5.74) is 0. The second-order valence-electron chi connectivity index (χ2n) is 6.01. The van der Waals surface area contributed by atoms with Crippen molar-refractivity contribution in [3.05, 3.63) is 0 Å². The summed E-state index contributed by atoms with van der Waals surface area (Å²) in [5, 5.41) is 12.7. The second-order valence-corrected chi connectivity index (χ2v) is 6.01. The van der Waals surface area contributed by atoms with Crippen LogP contribution in [0.15, 0.2) is 0 Å². The van der Waals surface area contributed by atoms with Crippen LogP contribution in [-0.4, -0.2) is 24.3 Å². The normalized spacial score (nSPS) is 36.8. The highest BCUT2D eigenvalue weighted by molar-refractivity contribution is 4.86. The predicted octanol–water partition coefficient (Wildman–Crippen LogP) is 2.56. The molecule has 0 aromatic carbocycles. The van der Waals surface area contributed by atoms with Gasteiger partial charge in [0.2, 0.25) is 0 Å². The quantitative estimate of drug-likeness (QED) is 0.770. The summed E-state index contributed by atoms with van der Waals surface area (Å²) in [4.78, 5) is 0. The largest absolute Gasteiger partial charge is 0.396 e. The maximum Gasteiger partial charge on any atom is 0.0468 e. The van der Waals surface area contributed by atoms with E-state index >= 15 is 0 Å². The third-order valence-corrected chi connectivity index (χ3v) is 4.61. The van der Waals surface area contributed by atoms with E-state index in [0.29, 0.717) is 12.5 Å². The van der Waals surface area contributed by atoms with Crippen molar-refractivity contribution in [2.45, 2.75) is 57.9 Å². The average molecular weight is 225 g/mol. The molecule has 0 saturated heterocycles. The number of rotatable bonds is 4. The molecular formula is C14H27NO. The lowest BCUT2D eigenvalue weighted by atomic mass is 9.69. The van der Waals surface area contributed by atoms with Gasteiger partial charge in [0.15, 0.2) is 0 Å². The van der Waals surface area contributed by atoms with Gasteiger partial charge in [-0.2, -0.15) is 0 Å². The highest BCUT2D eigenvalue weighted by Gasteiger charge is 2.31. The Hall–Kier alpha value is -0.0800. The number of aliphatic hydroxyl groups excluding tert-OH is 1. The fourth-order valence-corrected chi connectivity index (χ4v) is 3.49. The van der Waals surface area contributed by atoms with Crippen LogP contribution in [0.4, 0.5) is 0 Å². The topological polar surface area (TPSA) is 32.3 Å². The Balaban J connectivity index is 1.72. The lowest BCUT2D eigenvalue weighted by Crippen LogP contribution is -2.40. The minimum absolute atomic E-state index is 0.311. The fourth-order valence-electron chi connectivity index (χ4n) is 3.49. The van der Waals surface area contributed by atoms with Gasteiger partial charge >= 0.3 is 0 Å². The molecule has 16 heavy (non-hydrogen) atoms. The minimum atomic E-state index is 0.311. The number of aliphatic hydroxyl groups is 1. The first kappa shape index (κ1) is 12.4. The van der Waals surface area contributed by atoms with E-state index in [0.717, 1.165) is 24.4 Å². The second kappa shape index (κ2) is 6.02. The predicted molar refractivity (Wildman–Crippen MR) is 67.3 cm³/mol. The Morgan fingerprint density at radius 3 is 2.62 bits per heavy atom. The first-order chi connectivity index (χ1) is 7.79. The smallest absolute Gasteiger partial charge is 0.0468 e. The van der Waals surface area contributed by atoms with Gasteiger partial charge in [0.25, 0.3) is 0 Å². The van der Waals surface area contributed by atoms with Gasteiger partial charge in [-0.15, -0.1) is 0 Å². The number of hydrogen-bond donors (Lipinski definition) is 2. The summed E-state index contributed by atoms with van der Waals surface area (Å²) in [6, 6.07) is 0.730. The molecule has 2 nitrogen and oxygen atoms in total. The molecule has 0 bridgehead atoms. The maximum absolute atomic E-state index is 9.01. The van der Waals surface area contributed by atoms with Gasteiger partial charge in [0.05, 0.1) is 0 Å². The van der Waals surface area contributed by atoms with E-state index in [4.69, 9.17) is 5.11 Å². The summed E-state index contributed by atoms with van der Waals surface area (Å²) in [6.45, 7) is 3.41. The zero-order valence-corrected chi connectivity index (χ0v) is 10.6. The molecule has 2 fully saturated rings. The molecule has 0 aromatic rings. The van der Waals surface area contributed by atoms with Crippen LogP contribution < -0.4 is 5.32 Å². The molecule has 2 saturated carbocycles. The standard InChI is InChI=1S/C14H27NO/c1-11(10-16)9-15-14-7-6-12-4-2-3-5-13(12)8-14/h11-16H,2-10H2,1H3. The van der Waals surface area contributed by atoms with E-state index in [2.05, 4.69) is 12.2 Å². The molecule has 2 heteroatoms. The first-order valence-electron chi connectivity index (χ1n) is 7.14. The fraction of sp³-hybridized carbons (Fsp3) is 1.00. The van der Waals surface area contributed by atoms with Gasteiger partial charge in [-0.3, -0.25) is 0 Å². The zero-order chi connectivity index (χ0) is 11.4. The summed E-state index contributed by atoms with van der Waals surface area (Å²) in [6.07, 6.45) is 10.1. The van der Waals surface area contributed by atoms with Gasteiger partial charge in [-0.1, -0.05) is 32.6 Å². The number of nitrogens with one attached hydrogen (secondary N) is 1. The van der Waals surface area contributed by atoms with Crippen LogP contribution in [0.2, 0.25) is 0 Å². The molecule has 0 aromatic heterocycles. The van der Waals surface area contributed by atoms with Crippen LogP contribution >= 0.6 is 0 Å². The number of fused-ring (bicyclic) bond motifs is 1. The molecule has 4 unspecified atom stereocenters. The van der Waals surface area contributed by atoms with Gasteiger partial charge in [-0.25, -0.2) is 0 Å². The van der Waals surface area contributed by atoms with Gasteiger partial charge in [0, 0.05) is 19.2 Å². The van der Waals surface area contributed by atoms with Gasteiger partial charge in [-0.05, 0) is 37.0 Å². The van der Waals surface area contributed by atoms with Crippen LogP contribution in [0.5, 0.6) is 0 Å². The lowest BCUT2D eigenvalue weighted by molar-refractivity contribution is 0.138. The van der Waals surface area contributed by atoms with E-state index in [1.807, 2.05) is 0 Å². The Kier molecular flexibility index (Phi) is 4.66. The number of hydrogen-bond acceptors (Lipinski definition) is 2. The molecule has 94 valence electrons. The van der Waals surface area contributed by atoms with Crippen molar-refractivity contribution in [2.24, 2.45) is 17.8 Å². The maximum atomic E-state index is 9.01. The molecular weight excluding hydrogens is 198 g/mol. The highest BCUT2D eigenvalue weighted by Crippen LogP contribution is 2.40. The van der Waals surface area contributed by atoms with Crippen LogP contribution in [0.1, 0.15) is 51.9 Å². The summed E-state index contributed by atoms with van der Waals surface area (Å²) >= 11 is 0. The Morgan fingerprint density at radius 1 is 1.12 bits per heavy atom. The molecule has 4 atom stereocenters. The molecule has 2 rings (SSSR count). The van der Waals surface area contributed by atoms with Crippen LogP contribution in [0.25, 0.3) is 0 Å². The summed E-state index contributed by atoms with van der Waals surface area (Å²) in [7, 11) is 0. The molecule has 0 spiro atoms. The van der Waals surface area contributed by atoms with Crippen molar-refractivity contribution in [3.63, 3.8) is 0 Å². The molecule has 0 heterocycles. The zero-order valence-electron chi connectivity index (χ0n) is 10.6. The van der Waals surface area contributed by atoms with Gasteiger partial charge < -0.3 is 10.4 Å². The van der Waals surface area contributed by atoms with E-state index < -0.39 is 0 Å². The average Bonchev–Trinajstić information content (AvgIpc) is 2.35.